The maximum absolute atomic E-state index is 11.7. The molecule has 0 bridgehead atoms. The molecule has 0 radical (unpaired) electrons. The van der Waals surface area contributed by atoms with E-state index in [1.807, 2.05) is 127 Å². The van der Waals surface area contributed by atoms with Gasteiger partial charge < -0.3 is 82.4 Å². The van der Waals surface area contributed by atoms with Gasteiger partial charge in [0.1, 0.15) is 12.2 Å². The molecular formula is C65H78O23S2-2. The Labute approximate surface area is 523 Å². The molecule has 25 heteroatoms. The van der Waals surface area contributed by atoms with E-state index in [-0.39, 0.29) is 67.3 Å². The van der Waals surface area contributed by atoms with Crippen LogP contribution in [-0.4, -0.2) is 164 Å². The lowest BCUT2D eigenvalue weighted by Crippen LogP contribution is -2.43. The Bertz CT molecular complexity index is 3100. The lowest BCUT2D eigenvalue weighted by molar-refractivity contribution is -0.292. The molecule has 90 heavy (non-hydrogen) atoms. The van der Waals surface area contributed by atoms with Crippen LogP contribution in [0.4, 0.5) is 0 Å². The smallest absolute Gasteiger partial charge is 0.218 e. The monoisotopic (exact) mass is 1290 g/mol. The van der Waals surface area contributed by atoms with Crippen molar-refractivity contribution in [3.8, 4) is 0 Å². The zero-order valence-electron chi connectivity index (χ0n) is 49.1. The Morgan fingerprint density at radius 2 is 0.867 bits per heavy atom. The second-order valence-corrected chi connectivity index (χ2v) is 26.3. The zero-order chi connectivity index (χ0) is 63.1. The van der Waals surface area contributed by atoms with Crippen LogP contribution in [0.15, 0.2) is 152 Å². The van der Waals surface area contributed by atoms with Crippen LogP contribution < -0.4 is 0 Å². The SMILES string of the molecule is O=S(=O)([O-])O[C@@H]1CCC(c2ccccc2)O[C@H]1CC1[C@H]2CO[C@@H](c3ccccc3)O[C@H]2[C@@H]2O[C@H](c3ccccc3)OC[C@H]12.O=S(=O)([O-])O[C@H](CO)[C@@H](O)CC1[C@@H](CO)[C@@H](O)[C@H](O)[C@@H]1CO.c1ccc([C@@H]2OC[C@@H]3C[C@H]4CO[C@@H](c5ccccc5)O[C@H]4[C@@H]3O2)cc1. The first-order valence-corrected chi connectivity index (χ1v) is 33.3. The van der Waals surface area contributed by atoms with E-state index in [4.69, 9.17) is 51.9 Å². The van der Waals surface area contributed by atoms with Gasteiger partial charge in [-0.1, -0.05) is 152 Å². The van der Waals surface area contributed by atoms with E-state index < -0.39 is 108 Å². The summed E-state index contributed by atoms with van der Waals surface area (Å²) in [7, 11) is -10.1. The Morgan fingerprint density at radius 3 is 1.24 bits per heavy atom. The van der Waals surface area contributed by atoms with Gasteiger partial charge in [-0.2, -0.15) is 0 Å². The minimum atomic E-state index is -5.14. The molecule has 1 unspecified atom stereocenters. The van der Waals surface area contributed by atoms with Crippen LogP contribution in [0.2, 0.25) is 0 Å². The van der Waals surface area contributed by atoms with Crippen molar-refractivity contribution in [1.29, 1.82) is 0 Å². The summed E-state index contributed by atoms with van der Waals surface area (Å²) in [4.78, 5) is 0. The maximum Gasteiger partial charge on any atom is 0.218 e. The van der Waals surface area contributed by atoms with Crippen molar-refractivity contribution in [2.75, 3.05) is 46.2 Å². The first kappa shape index (κ1) is 66.7. The quantitative estimate of drug-likeness (QED) is 0.0513. The highest BCUT2D eigenvalue weighted by atomic mass is 32.3. The molecule has 13 rings (SSSR count). The summed E-state index contributed by atoms with van der Waals surface area (Å²) < 4.78 is 133. The second kappa shape index (κ2) is 30.1. The van der Waals surface area contributed by atoms with Crippen molar-refractivity contribution in [3.63, 3.8) is 0 Å². The van der Waals surface area contributed by atoms with Crippen LogP contribution in [0, 0.1) is 47.3 Å². The van der Waals surface area contributed by atoms with Crippen LogP contribution in [0.5, 0.6) is 0 Å². The second-order valence-electron chi connectivity index (χ2n) is 24.3. The molecule has 5 aliphatic heterocycles. The van der Waals surface area contributed by atoms with Gasteiger partial charge in [0.25, 0.3) is 0 Å². The van der Waals surface area contributed by atoms with Crippen molar-refractivity contribution in [2.45, 2.75) is 124 Å². The van der Waals surface area contributed by atoms with Gasteiger partial charge in [-0.15, -0.1) is 0 Å². The standard InChI is InChI=1S/C33H36O9S.C21H22O4.C11H22O10S/c34-43(35,36)42-28-17-16-27(21-10-4-1-5-11-21)39-29(28)18-24-25-19-37-32(22-12-6-2-7-13-22)40-30(25)31-26(24)20-38-33(41-31)23-14-8-3-9-15-23;1-3-7-14(8-4-1)20-22-12-16-11-17-13-23-21(15-9-5-2-6-10-15)25-19(17)18(16)24-20;12-2-6-5(7(3-13)11(17)10(6)16)1-8(15)9(4-14)21-22(18,19)20/h1-15,24-33H,16-20H2,(H,34,35,36);1-10,16-21H,11-13H2;5-17H,1-4H2,(H,18,19,20)/p-2/t25-,26-,27?,28-,29+,30-,31-,32-,33-;16-,17-,18+,19+,20+,21+;6-,7-,8+,9-,10-,11-/m101/s1. The van der Waals surface area contributed by atoms with E-state index in [0.29, 0.717) is 44.3 Å². The molecule has 5 heterocycles. The molecule has 490 valence electrons. The van der Waals surface area contributed by atoms with Crippen molar-refractivity contribution in [3.05, 3.63) is 179 Å². The predicted octanol–water partition coefficient (Wildman–Crippen LogP) is 5.23. The minimum absolute atomic E-state index is 0.0524. The lowest BCUT2D eigenvalue weighted by atomic mass is 9.81. The summed E-state index contributed by atoms with van der Waals surface area (Å²) in [5, 5.41) is 57.0. The van der Waals surface area contributed by atoms with E-state index >= 15 is 0 Å². The highest BCUT2D eigenvalue weighted by Crippen LogP contribution is 2.53. The summed E-state index contributed by atoms with van der Waals surface area (Å²) in [5.41, 5.74) is 5.00. The molecule has 0 amide bonds. The fourth-order valence-corrected chi connectivity index (χ4v) is 15.5. The van der Waals surface area contributed by atoms with Gasteiger partial charge in [-0.05, 0) is 49.5 Å². The number of hydrogen-bond acceptors (Lipinski definition) is 23. The molecule has 3 saturated carbocycles. The Balaban J connectivity index is 0.000000151. The summed E-state index contributed by atoms with van der Waals surface area (Å²) in [6.07, 6.45) is -7.71. The van der Waals surface area contributed by atoms with E-state index in [0.717, 1.165) is 47.5 Å². The molecule has 5 aromatic carbocycles. The Morgan fingerprint density at radius 1 is 0.478 bits per heavy atom. The van der Waals surface area contributed by atoms with Crippen LogP contribution in [-0.2, 0) is 71.8 Å². The molecule has 5 saturated heterocycles. The van der Waals surface area contributed by atoms with E-state index in [9.17, 15) is 51.5 Å². The Kier molecular flexibility index (Phi) is 22.3. The highest BCUT2D eigenvalue weighted by molar-refractivity contribution is 7.81. The molecule has 8 aliphatic rings. The summed E-state index contributed by atoms with van der Waals surface area (Å²) >= 11 is 0. The molecule has 3 aliphatic carbocycles. The molecular weight excluding hydrogens is 1210 g/mol. The van der Waals surface area contributed by atoms with Crippen molar-refractivity contribution < 1.29 is 108 Å². The summed E-state index contributed by atoms with van der Waals surface area (Å²) in [6, 6.07) is 49.8. The summed E-state index contributed by atoms with van der Waals surface area (Å²) in [5.74, 6) is -1.88. The molecule has 8 fully saturated rings. The highest BCUT2D eigenvalue weighted by Gasteiger charge is 2.59. The van der Waals surface area contributed by atoms with E-state index in [1.54, 1.807) is 0 Å². The Hall–Kier alpha value is -4.76. The third-order valence-corrected chi connectivity index (χ3v) is 19.8. The molecule has 0 spiro atoms. The third-order valence-electron chi connectivity index (χ3n) is 18.8. The summed E-state index contributed by atoms with van der Waals surface area (Å²) in [6.45, 7) is 0.289. The normalized spacial score (nSPS) is 36.2. The number of fused-ring (bicyclic) bond motifs is 6. The molecule has 21 atom stereocenters. The van der Waals surface area contributed by atoms with Gasteiger partial charge in [0.15, 0.2) is 25.2 Å². The number of aliphatic hydroxyl groups is 6. The molecule has 0 aromatic heterocycles. The van der Waals surface area contributed by atoms with E-state index in [2.05, 4.69) is 28.4 Å². The van der Waals surface area contributed by atoms with Crippen molar-refractivity contribution in [2.24, 2.45) is 47.3 Å². The minimum Gasteiger partial charge on any atom is -0.726 e. The number of benzene rings is 5. The van der Waals surface area contributed by atoms with Gasteiger partial charge in [0.05, 0.1) is 88.0 Å². The number of ether oxygens (including phenoxy) is 9. The van der Waals surface area contributed by atoms with E-state index in [1.165, 1.54) is 0 Å². The molecule has 23 nitrogen and oxygen atoms in total. The van der Waals surface area contributed by atoms with Gasteiger partial charge in [0, 0.05) is 71.0 Å². The first-order valence-electron chi connectivity index (χ1n) is 30.6. The third kappa shape index (κ3) is 15.9. The number of rotatable bonds is 17. The van der Waals surface area contributed by atoms with Crippen LogP contribution in [0.25, 0.3) is 0 Å². The molecule has 6 N–H and O–H groups in total. The van der Waals surface area contributed by atoms with Gasteiger partial charge >= 0.3 is 0 Å². The fourth-order valence-electron chi connectivity index (χ4n) is 14.5. The zero-order valence-corrected chi connectivity index (χ0v) is 50.8. The predicted molar refractivity (Wildman–Crippen MR) is 314 cm³/mol. The maximum atomic E-state index is 11.7. The first-order chi connectivity index (χ1) is 43.5. The van der Waals surface area contributed by atoms with Gasteiger partial charge in [0.2, 0.25) is 20.8 Å². The van der Waals surface area contributed by atoms with Crippen LogP contribution in [0.3, 0.4) is 0 Å². The number of aliphatic hydroxyl groups excluding tert-OH is 6. The van der Waals surface area contributed by atoms with Gasteiger partial charge in [-0.25, -0.2) is 16.8 Å². The fraction of sp³-hybridized carbons (Fsp3) is 0.538. The average molecular weight is 1290 g/mol. The largest absolute Gasteiger partial charge is 0.726 e. The van der Waals surface area contributed by atoms with Crippen molar-refractivity contribution in [1.82, 2.24) is 0 Å². The number of hydrogen-bond donors (Lipinski definition) is 6. The average Bonchev–Trinajstić information content (AvgIpc) is 1.69. The molecule has 5 aromatic rings. The lowest BCUT2D eigenvalue weighted by Gasteiger charge is -2.40. The van der Waals surface area contributed by atoms with Gasteiger partial charge in [-0.3, -0.25) is 8.37 Å². The topological polar surface area (TPSA) is 337 Å². The van der Waals surface area contributed by atoms with Crippen molar-refractivity contribution >= 4 is 20.8 Å². The van der Waals surface area contributed by atoms with Crippen LogP contribution >= 0.6 is 0 Å². The van der Waals surface area contributed by atoms with Crippen LogP contribution in [0.1, 0.15) is 91.2 Å².